The molecule has 1 aromatic heterocycles. The smallest absolute Gasteiger partial charge is 0.252 e. The van der Waals surface area contributed by atoms with Crippen LogP contribution in [0.4, 0.5) is 0 Å². The zero-order valence-corrected chi connectivity index (χ0v) is 9.22. The fraction of sp³-hybridized carbons (Fsp3) is 0.500. The summed E-state index contributed by atoms with van der Waals surface area (Å²) in [5.41, 5.74) is 5.67. The predicted octanol–water partition coefficient (Wildman–Crippen LogP) is 0.470. The van der Waals surface area contributed by atoms with Gasteiger partial charge in [-0.3, -0.25) is 0 Å². The normalized spacial score (nSPS) is 24.2. The molecule has 4 nitrogen and oxygen atoms in total. The van der Waals surface area contributed by atoms with Gasteiger partial charge in [0, 0.05) is 19.1 Å². The molecule has 0 radical (unpaired) electrons. The van der Waals surface area contributed by atoms with Crippen molar-refractivity contribution in [1.29, 1.82) is 0 Å². The molecule has 14 heavy (non-hydrogen) atoms. The standard InChI is InChI=1S/C8H12N2O2S2/c9-7-3-4-10(6-7)14(11,12)8-2-1-5-13-8/h1-2,5,7H,3-4,6,9H2/t7-/m0/s1. The van der Waals surface area contributed by atoms with Gasteiger partial charge >= 0.3 is 0 Å². The number of nitrogens with two attached hydrogens (primary N) is 1. The van der Waals surface area contributed by atoms with E-state index in [9.17, 15) is 8.42 Å². The van der Waals surface area contributed by atoms with Crippen molar-refractivity contribution in [1.82, 2.24) is 4.31 Å². The van der Waals surface area contributed by atoms with E-state index < -0.39 is 10.0 Å². The van der Waals surface area contributed by atoms with Crippen LogP contribution in [-0.4, -0.2) is 31.9 Å². The Bertz CT molecular complexity index is 399. The van der Waals surface area contributed by atoms with E-state index in [-0.39, 0.29) is 6.04 Å². The number of nitrogens with zero attached hydrogens (tertiary/aromatic N) is 1. The molecule has 0 saturated carbocycles. The van der Waals surface area contributed by atoms with Crippen LogP contribution >= 0.6 is 11.3 Å². The molecule has 1 aliphatic heterocycles. The first-order chi connectivity index (χ1) is 6.60. The van der Waals surface area contributed by atoms with Crippen molar-refractivity contribution < 1.29 is 8.42 Å². The molecule has 2 rings (SSSR count). The Morgan fingerprint density at radius 1 is 1.57 bits per heavy atom. The van der Waals surface area contributed by atoms with E-state index in [0.717, 1.165) is 6.42 Å². The molecule has 78 valence electrons. The summed E-state index contributed by atoms with van der Waals surface area (Å²) in [6.45, 7) is 0.988. The summed E-state index contributed by atoms with van der Waals surface area (Å²) in [5, 5.41) is 1.77. The molecule has 0 amide bonds. The molecule has 2 heterocycles. The van der Waals surface area contributed by atoms with E-state index in [1.165, 1.54) is 15.6 Å². The molecular formula is C8H12N2O2S2. The highest BCUT2D eigenvalue weighted by Crippen LogP contribution is 2.23. The molecule has 0 spiro atoms. The summed E-state index contributed by atoms with van der Waals surface area (Å²) in [6.07, 6.45) is 0.755. The molecule has 0 unspecified atom stereocenters. The minimum atomic E-state index is -3.26. The van der Waals surface area contributed by atoms with Crippen molar-refractivity contribution in [2.24, 2.45) is 5.73 Å². The van der Waals surface area contributed by atoms with Crippen LogP contribution in [0, 0.1) is 0 Å². The lowest BCUT2D eigenvalue weighted by Crippen LogP contribution is -2.31. The second-order valence-corrected chi connectivity index (χ2v) is 6.46. The minimum Gasteiger partial charge on any atom is -0.326 e. The molecule has 0 aliphatic carbocycles. The highest BCUT2D eigenvalue weighted by molar-refractivity contribution is 7.91. The molecule has 1 atom stereocenters. The monoisotopic (exact) mass is 232 g/mol. The Morgan fingerprint density at radius 3 is 2.86 bits per heavy atom. The van der Waals surface area contributed by atoms with Gasteiger partial charge in [0.05, 0.1) is 0 Å². The van der Waals surface area contributed by atoms with Crippen LogP contribution in [0.5, 0.6) is 0 Å². The first-order valence-corrected chi connectivity index (χ1v) is 6.72. The van der Waals surface area contributed by atoms with Crippen LogP contribution in [-0.2, 0) is 10.0 Å². The average Bonchev–Trinajstić information content (AvgIpc) is 2.72. The van der Waals surface area contributed by atoms with E-state index in [2.05, 4.69) is 0 Å². The van der Waals surface area contributed by atoms with Gasteiger partial charge in [-0.1, -0.05) is 6.07 Å². The summed E-state index contributed by atoms with van der Waals surface area (Å²) >= 11 is 1.25. The molecular weight excluding hydrogens is 220 g/mol. The van der Waals surface area contributed by atoms with Crippen molar-refractivity contribution in [3.63, 3.8) is 0 Å². The van der Waals surface area contributed by atoms with Crippen molar-refractivity contribution in [3.05, 3.63) is 17.5 Å². The van der Waals surface area contributed by atoms with Gasteiger partial charge in [0.1, 0.15) is 4.21 Å². The zero-order valence-electron chi connectivity index (χ0n) is 7.59. The van der Waals surface area contributed by atoms with Gasteiger partial charge in [0.15, 0.2) is 0 Å². The fourth-order valence-electron chi connectivity index (χ4n) is 1.51. The van der Waals surface area contributed by atoms with Crippen LogP contribution in [0.25, 0.3) is 0 Å². The van der Waals surface area contributed by atoms with E-state index in [1.807, 2.05) is 0 Å². The van der Waals surface area contributed by atoms with Gasteiger partial charge in [-0.15, -0.1) is 11.3 Å². The summed E-state index contributed by atoms with van der Waals surface area (Å²) in [6, 6.07) is 3.36. The molecule has 1 saturated heterocycles. The lowest BCUT2D eigenvalue weighted by molar-refractivity contribution is 0.474. The number of sulfonamides is 1. The first kappa shape index (κ1) is 10.1. The van der Waals surface area contributed by atoms with Crippen molar-refractivity contribution in [2.75, 3.05) is 13.1 Å². The van der Waals surface area contributed by atoms with Gasteiger partial charge in [-0.2, -0.15) is 4.31 Å². The second-order valence-electron chi connectivity index (χ2n) is 3.34. The van der Waals surface area contributed by atoms with E-state index in [0.29, 0.717) is 17.3 Å². The zero-order chi connectivity index (χ0) is 10.2. The van der Waals surface area contributed by atoms with Gasteiger partial charge in [0.25, 0.3) is 10.0 Å². The largest absolute Gasteiger partial charge is 0.326 e. The van der Waals surface area contributed by atoms with Gasteiger partial charge < -0.3 is 5.73 Å². The van der Waals surface area contributed by atoms with Gasteiger partial charge in [-0.25, -0.2) is 8.42 Å². The van der Waals surface area contributed by atoms with Crippen molar-refractivity contribution >= 4 is 21.4 Å². The molecule has 0 aromatic carbocycles. The minimum absolute atomic E-state index is 0.00950. The number of hydrogen-bond donors (Lipinski definition) is 1. The Hall–Kier alpha value is -0.430. The van der Waals surface area contributed by atoms with Crippen LogP contribution in [0.15, 0.2) is 21.7 Å². The summed E-state index contributed by atoms with van der Waals surface area (Å²) in [4.78, 5) is 0. The maximum Gasteiger partial charge on any atom is 0.252 e. The number of hydrogen-bond acceptors (Lipinski definition) is 4. The van der Waals surface area contributed by atoms with Crippen LogP contribution < -0.4 is 5.73 Å². The molecule has 1 aromatic rings. The molecule has 1 aliphatic rings. The maximum absolute atomic E-state index is 11.9. The Morgan fingerprint density at radius 2 is 2.36 bits per heavy atom. The maximum atomic E-state index is 11.9. The third-order valence-corrected chi connectivity index (χ3v) is 5.51. The summed E-state index contributed by atoms with van der Waals surface area (Å²) in [7, 11) is -3.26. The third kappa shape index (κ3) is 1.70. The van der Waals surface area contributed by atoms with E-state index >= 15 is 0 Å². The first-order valence-electron chi connectivity index (χ1n) is 4.40. The van der Waals surface area contributed by atoms with Crippen LogP contribution in [0.1, 0.15) is 6.42 Å². The Labute approximate surface area is 87.4 Å². The van der Waals surface area contributed by atoms with E-state index in [4.69, 9.17) is 5.73 Å². The Kier molecular flexibility index (Phi) is 2.61. The van der Waals surface area contributed by atoms with Gasteiger partial charge in [-0.05, 0) is 17.9 Å². The quantitative estimate of drug-likeness (QED) is 0.806. The van der Waals surface area contributed by atoms with Crippen molar-refractivity contribution in [2.45, 2.75) is 16.7 Å². The number of thiophene rings is 1. The van der Waals surface area contributed by atoms with E-state index in [1.54, 1.807) is 17.5 Å². The molecule has 6 heteroatoms. The van der Waals surface area contributed by atoms with Crippen molar-refractivity contribution in [3.8, 4) is 0 Å². The highest BCUT2D eigenvalue weighted by atomic mass is 32.2. The fourth-order valence-corrected chi connectivity index (χ4v) is 4.17. The highest BCUT2D eigenvalue weighted by Gasteiger charge is 2.31. The topological polar surface area (TPSA) is 63.4 Å². The third-order valence-electron chi connectivity index (χ3n) is 2.28. The predicted molar refractivity (Wildman–Crippen MR) is 55.7 cm³/mol. The Balaban J connectivity index is 2.26. The molecule has 0 bridgehead atoms. The molecule has 1 fully saturated rings. The lowest BCUT2D eigenvalue weighted by Gasteiger charge is -2.13. The number of rotatable bonds is 2. The second kappa shape index (κ2) is 3.62. The summed E-state index contributed by atoms with van der Waals surface area (Å²) < 4.78 is 25.7. The van der Waals surface area contributed by atoms with Crippen LogP contribution in [0.3, 0.4) is 0 Å². The van der Waals surface area contributed by atoms with Gasteiger partial charge in [0.2, 0.25) is 0 Å². The molecule has 2 N–H and O–H groups in total. The summed E-state index contributed by atoms with van der Waals surface area (Å²) in [5.74, 6) is 0. The van der Waals surface area contributed by atoms with Crippen LogP contribution in [0.2, 0.25) is 0 Å². The lowest BCUT2D eigenvalue weighted by atomic mass is 10.3. The average molecular weight is 232 g/mol. The SMILES string of the molecule is N[C@H]1CCN(S(=O)(=O)c2cccs2)C1.